The van der Waals surface area contributed by atoms with Gasteiger partial charge in [-0.05, 0) is 29.8 Å². The molecule has 0 atom stereocenters. The van der Waals surface area contributed by atoms with Crippen molar-refractivity contribution in [3.8, 4) is 11.5 Å². The predicted molar refractivity (Wildman–Crippen MR) is 84.1 cm³/mol. The molecule has 1 amide bonds. The first-order chi connectivity index (χ1) is 10.7. The number of nitrogens with one attached hydrogen (secondary N) is 1. The van der Waals surface area contributed by atoms with E-state index in [2.05, 4.69) is 16.9 Å². The Bertz CT molecular complexity index is 642. The van der Waals surface area contributed by atoms with E-state index in [0.717, 1.165) is 5.56 Å². The van der Waals surface area contributed by atoms with Crippen molar-refractivity contribution in [1.82, 2.24) is 10.3 Å². The average molecular weight is 298 g/mol. The van der Waals surface area contributed by atoms with Gasteiger partial charge >= 0.3 is 0 Å². The first-order valence-corrected chi connectivity index (χ1v) is 6.83. The van der Waals surface area contributed by atoms with Crippen LogP contribution in [0, 0.1) is 0 Å². The van der Waals surface area contributed by atoms with Gasteiger partial charge in [-0.25, -0.2) is 0 Å². The summed E-state index contributed by atoms with van der Waals surface area (Å²) >= 11 is 0. The van der Waals surface area contributed by atoms with Crippen molar-refractivity contribution in [2.45, 2.75) is 6.54 Å². The molecule has 0 aliphatic rings. The Balaban J connectivity index is 2.04. The third-order valence-electron chi connectivity index (χ3n) is 2.96. The van der Waals surface area contributed by atoms with Crippen LogP contribution in [0.15, 0.2) is 55.4 Å². The molecule has 5 heteroatoms. The van der Waals surface area contributed by atoms with Crippen LogP contribution in [0.5, 0.6) is 11.5 Å². The molecule has 0 spiro atoms. The molecule has 22 heavy (non-hydrogen) atoms. The minimum atomic E-state index is -0.183. The molecule has 1 heterocycles. The summed E-state index contributed by atoms with van der Waals surface area (Å²) < 4.78 is 10.7. The molecular weight excluding hydrogens is 280 g/mol. The Hall–Kier alpha value is -2.82. The molecule has 1 aromatic carbocycles. The SMILES string of the molecule is C=CCOc1ccc(C(=O)NCc2cccnc2)cc1OC. The van der Waals surface area contributed by atoms with E-state index in [1.807, 2.05) is 12.1 Å². The molecule has 0 bridgehead atoms. The fourth-order valence-electron chi connectivity index (χ4n) is 1.86. The normalized spacial score (nSPS) is 9.86. The predicted octanol–water partition coefficient (Wildman–Crippen LogP) is 2.59. The lowest BCUT2D eigenvalue weighted by Crippen LogP contribution is -2.22. The summed E-state index contributed by atoms with van der Waals surface area (Å²) in [7, 11) is 1.54. The fraction of sp³-hybridized carbons (Fsp3) is 0.176. The molecule has 0 fully saturated rings. The third kappa shape index (κ3) is 4.09. The highest BCUT2D eigenvalue weighted by Gasteiger charge is 2.11. The highest BCUT2D eigenvalue weighted by molar-refractivity contribution is 5.94. The number of methoxy groups -OCH3 is 1. The molecule has 2 aromatic rings. The van der Waals surface area contributed by atoms with Gasteiger partial charge in [-0.3, -0.25) is 9.78 Å². The molecule has 2 rings (SSSR count). The van der Waals surface area contributed by atoms with Crippen LogP contribution in [0.1, 0.15) is 15.9 Å². The first-order valence-electron chi connectivity index (χ1n) is 6.83. The van der Waals surface area contributed by atoms with Crippen molar-refractivity contribution in [3.63, 3.8) is 0 Å². The maximum atomic E-state index is 12.2. The standard InChI is InChI=1S/C17H18N2O3/c1-3-9-22-15-7-6-14(10-16(15)21-2)17(20)19-12-13-5-4-8-18-11-13/h3-8,10-11H,1,9,12H2,2H3,(H,19,20). The van der Waals surface area contributed by atoms with E-state index in [-0.39, 0.29) is 5.91 Å². The number of hydrogen-bond donors (Lipinski definition) is 1. The van der Waals surface area contributed by atoms with Crippen LogP contribution in [0.25, 0.3) is 0 Å². The molecule has 0 saturated carbocycles. The lowest BCUT2D eigenvalue weighted by molar-refractivity contribution is 0.0950. The van der Waals surface area contributed by atoms with E-state index < -0.39 is 0 Å². The maximum Gasteiger partial charge on any atom is 0.251 e. The molecule has 1 N–H and O–H groups in total. The lowest BCUT2D eigenvalue weighted by Gasteiger charge is -2.11. The molecule has 0 aliphatic carbocycles. The highest BCUT2D eigenvalue weighted by Crippen LogP contribution is 2.28. The van der Waals surface area contributed by atoms with Gasteiger partial charge in [0.1, 0.15) is 6.61 Å². The zero-order valence-corrected chi connectivity index (χ0v) is 12.4. The van der Waals surface area contributed by atoms with Crippen molar-refractivity contribution >= 4 is 5.91 Å². The summed E-state index contributed by atoms with van der Waals surface area (Å²) in [5.74, 6) is 0.902. The van der Waals surface area contributed by atoms with E-state index in [9.17, 15) is 4.79 Å². The van der Waals surface area contributed by atoms with Crippen LogP contribution in [0.2, 0.25) is 0 Å². The van der Waals surface area contributed by atoms with Crippen molar-refractivity contribution in [1.29, 1.82) is 0 Å². The van der Waals surface area contributed by atoms with Gasteiger partial charge < -0.3 is 14.8 Å². The van der Waals surface area contributed by atoms with Crippen molar-refractivity contribution in [3.05, 3.63) is 66.5 Å². The van der Waals surface area contributed by atoms with Gasteiger partial charge in [0.05, 0.1) is 7.11 Å². The van der Waals surface area contributed by atoms with Crippen LogP contribution in [0.4, 0.5) is 0 Å². The van der Waals surface area contributed by atoms with E-state index in [4.69, 9.17) is 9.47 Å². The Labute approximate surface area is 129 Å². The Kier molecular flexibility index (Phi) is 5.54. The van der Waals surface area contributed by atoms with Gasteiger partial charge in [0.25, 0.3) is 5.91 Å². The number of rotatable bonds is 7. The number of benzene rings is 1. The molecule has 114 valence electrons. The monoisotopic (exact) mass is 298 g/mol. The Morgan fingerprint density at radius 2 is 2.23 bits per heavy atom. The second kappa shape index (κ2) is 7.83. The summed E-state index contributed by atoms with van der Waals surface area (Å²) in [4.78, 5) is 16.2. The number of hydrogen-bond acceptors (Lipinski definition) is 4. The number of ether oxygens (including phenoxy) is 2. The zero-order valence-electron chi connectivity index (χ0n) is 12.4. The molecular formula is C17H18N2O3. The van der Waals surface area contributed by atoms with E-state index in [1.54, 1.807) is 36.7 Å². The fourth-order valence-corrected chi connectivity index (χ4v) is 1.86. The number of carbonyl (C=O) groups excluding carboxylic acids is 1. The molecule has 0 unspecified atom stereocenters. The summed E-state index contributed by atoms with van der Waals surface area (Å²) in [5.41, 5.74) is 1.44. The highest BCUT2D eigenvalue weighted by atomic mass is 16.5. The average Bonchev–Trinajstić information content (AvgIpc) is 2.58. The second-order valence-corrected chi connectivity index (χ2v) is 4.51. The Morgan fingerprint density at radius 3 is 2.91 bits per heavy atom. The topological polar surface area (TPSA) is 60.5 Å². The second-order valence-electron chi connectivity index (χ2n) is 4.51. The van der Waals surface area contributed by atoms with Gasteiger partial charge in [-0.2, -0.15) is 0 Å². The summed E-state index contributed by atoms with van der Waals surface area (Å²) in [6, 6.07) is 8.79. The van der Waals surface area contributed by atoms with Gasteiger partial charge in [-0.15, -0.1) is 0 Å². The molecule has 0 radical (unpaired) electrons. The summed E-state index contributed by atoms with van der Waals surface area (Å²) in [6.07, 6.45) is 5.05. The van der Waals surface area contributed by atoms with E-state index in [0.29, 0.717) is 30.2 Å². The molecule has 1 aromatic heterocycles. The first kappa shape index (κ1) is 15.6. The van der Waals surface area contributed by atoms with Crippen LogP contribution in [-0.4, -0.2) is 24.6 Å². The van der Waals surface area contributed by atoms with Crippen LogP contribution >= 0.6 is 0 Å². The van der Waals surface area contributed by atoms with Crippen LogP contribution < -0.4 is 14.8 Å². The van der Waals surface area contributed by atoms with E-state index in [1.165, 1.54) is 7.11 Å². The van der Waals surface area contributed by atoms with Gasteiger partial charge in [-0.1, -0.05) is 18.7 Å². The van der Waals surface area contributed by atoms with Crippen molar-refractivity contribution in [2.75, 3.05) is 13.7 Å². The van der Waals surface area contributed by atoms with Crippen molar-refractivity contribution < 1.29 is 14.3 Å². The quantitative estimate of drug-likeness (QED) is 0.798. The number of carbonyl (C=O) groups is 1. The van der Waals surface area contributed by atoms with Crippen LogP contribution in [0.3, 0.4) is 0 Å². The van der Waals surface area contributed by atoms with Gasteiger partial charge in [0.15, 0.2) is 11.5 Å². The molecule has 0 saturated heterocycles. The Morgan fingerprint density at radius 1 is 1.36 bits per heavy atom. The largest absolute Gasteiger partial charge is 0.493 e. The smallest absolute Gasteiger partial charge is 0.251 e. The summed E-state index contributed by atoms with van der Waals surface area (Å²) in [5, 5.41) is 2.84. The van der Waals surface area contributed by atoms with E-state index >= 15 is 0 Å². The number of pyridine rings is 1. The number of nitrogens with zero attached hydrogens (tertiary/aromatic N) is 1. The number of aromatic nitrogens is 1. The van der Waals surface area contributed by atoms with Crippen LogP contribution in [-0.2, 0) is 6.54 Å². The summed E-state index contributed by atoms with van der Waals surface area (Å²) in [6.45, 7) is 4.39. The minimum absolute atomic E-state index is 0.183. The third-order valence-corrected chi connectivity index (χ3v) is 2.96. The molecule has 0 aliphatic heterocycles. The van der Waals surface area contributed by atoms with Gasteiger partial charge in [0.2, 0.25) is 0 Å². The van der Waals surface area contributed by atoms with Gasteiger partial charge in [0, 0.05) is 24.5 Å². The van der Waals surface area contributed by atoms with Crippen molar-refractivity contribution in [2.24, 2.45) is 0 Å². The maximum absolute atomic E-state index is 12.2. The lowest BCUT2D eigenvalue weighted by atomic mass is 10.2. The zero-order chi connectivity index (χ0) is 15.8. The number of amides is 1. The molecule has 5 nitrogen and oxygen atoms in total. The minimum Gasteiger partial charge on any atom is -0.493 e.